The van der Waals surface area contributed by atoms with Gasteiger partial charge in [-0.3, -0.25) is 5.32 Å². The highest BCUT2D eigenvalue weighted by Crippen LogP contribution is 2.13. The van der Waals surface area contributed by atoms with Gasteiger partial charge in [0.05, 0.1) is 0 Å². The molecule has 0 aliphatic carbocycles. The Kier molecular flexibility index (Phi) is 2.75. The highest BCUT2D eigenvalue weighted by molar-refractivity contribution is 5.85. The van der Waals surface area contributed by atoms with Crippen molar-refractivity contribution in [1.29, 1.82) is 0 Å². The standard InChI is InChI=1S/C12H15N3O2/c1-12(2,3)17-11(16)14-9-4-6-15-7-5-13-10(15)8-9/h4-8H,1-3H3,(H,14,16). The minimum absolute atomic E-state index is 0.464. The third-order valence-corrected chi connectivity index (χ3v) is 2.04. The van der Waals surface area contributed by atoms with Crippen molar-refractivity contribution in [3.05, 3.63) is 30.7 Å². The summed E-state index contributed by atoms with van der Waals surface area (Å²) in [5, 5.41) is 2.67. The summed E-state index contributed by atoms with van der Waals surface area (Å²) in [7, 11) is 0. The van der Waals surface area contributed by atoms with Crippen LogP contribution in [0.3, 0.4) is 0 Å². The molecule has 5 heteroatoms. The highest BCUT2D eigenvalue weighted by Gasteiger charge is 2.16. The lowest BCUT2D eigenvalue weighted by atomic mass is 10.2. The van der Waals surface area contributed by atoms with Gasteiger partial charge in [0, 0.05) is 30.3 Å². The molecule has 0 spiro atoms. The Bertz CT molecular complexity index is 540. The molecule has 0 radical (unpaired) electrons. The number of carbonyl (C=O) groups is 1. The Balaban J connectivity index is 2.10. The fraction of sp³-hybridized carbons (Fsp3) is 0.333. The molecule has 1 amide bonds. The quantitative estimate of drug-likeness (QED) is 0.823. The Labute approximate surface area is 99.4 Å². The van der Waals surface area contributed by atoms with Gasteiger partial charge in [0.1, 0.15) is 11.2 Å². The number of imidazole rings is 1. The van der Waals surface area contributed by atoms with E-state index in [0.717, 1.165) is 5.65 Å². The topological polar surface area (TPSA) is 55.6 Å². The van der Waals surface area contributed by atoms with E-state index in [9.17, 15) is 4.79 Å². The van der Waals surface area contributed by atoms with E-state index in [1.54, 1.807) is 18.3 Å². The summed E-state index contributed by atoms with van der Waals surface area (Å²) in [6, 6.07) is 3.57. The molecule has 0 aromatic carbocycles. The summed E-state index contributed by atoms with van der Waals surface area (Å²) in [6.45, 7) is 5.47. The maximum Gasteiger partial charge on any atom is 0.412 e. The average Bonchev–Trinajstić information content (AvgIpc) is 2.61. The van der Waals surface area contributed by atoms with Gasteiger partial charge in [-0.15, -0.1) is 0 Å². The van der Waals surface area contributed by atoms with Crippen LogP contribution < -0.4 is 5.32 Å². The van der Waals surface area contributed by atoms with Crippen LogP contribution in [0, 0.1) is 0 Å². The molecule has 0 unspecified atom stereocenters. The molecular formula is C12H15N3O2. The summed E-state index contributed by atoms with van der Waals surface area (Å²) in [5.41, 5.74) is 0.943. The molecule has 90 valence electrons. The summed E-state index contributed by atoms with van der Waals surface area (Å²) < 4.78 is 7.02. The second-order valence-corrected chi connectivity index (χ2v) is 4.74. The zero-order valence-electron chi connectivity index (χ0n) is 10.1. The lowest BCUT2D eigenvalue weighted by Gasteiger charge is -2.19. The number of nitrogens with zero attached hydrogens (tertiary/aromatic N) is 2. The molecule has 5 nitrogen and oxygen atoms in total. The molecular weight excluding hydrogens is 218 g/mol. The lowest BCUT2D eigenvalue weighted by molar-refractivity contribution is 0.0636. The third-order valence-electron chi connectivity index (χ3n) is 2.04. The molecule has 0 saturated carbocycles. The first-order chi connectivity index (χ1) is 7.94. The molecule has 0 aliphatic heterocycles. The third kappa shape index (κ3) is 2.96. The van der Waals surface area contributed by atoms with Crippen LogP contribution in [0.2, 0.25) is 0 Å². The fourth-order valence-corrected chi connectivity index (χ4v) is 1.41. The lowest BCUT2D eigenvalue weighted by Crippen LogP contribution is -2.27. The zero-order chi connectivity index (χ0) is 12.5. The minimum Gasteiger partial charge on any atom is -0.444 e. The van der Waals surface area contributed by atoms with Crippen molar-refractivity contribution in [2.75, 3.05) is 5.32 Å². The van der Waals surface area contributed by atoms with Crippen molar-refractivity contribution in [3.63, 3.8) is 0 Å². The number of rotatable bonds is 1. The summed E-state index contributed by atoms with van der Waals surface area (Å²) in [4.78, 5) is 15.7. The van der Waals surface area contributed by atoms with Crippen molar-refractivity contribution in [3.8, 4) is 0 Å². The van der Waals surface area contributed by atoms with Gasteiger partial charge < -0.3 is 9.14 Å². The molecule has 0 fully saturated rings. The molecule has 1 N–H and O–H groups in total. The summed E-state index contributed by atoms with van der Waals surface area (Å²) >= 11 is 0. The number of ether oxygens (including phenoxy) is 1. The van der Waals surface area contributed by atoms with Crippen molar-refractivity contribution >= 4 is 17.4 Å². The van der Waals surface area contributed by atoms with Crippen molar-refractivity contribution < 1.29 is 9.53 Å². The van der Waals surface area contributed by atoms with E-state index >= 15 is 0 Å². The average molecular weight is 233 g/mol. The monoisotopic (exact) mass is 233 g/mol. The second-order valence-electron chi connectivity index (χ2n) is 4.74. The number of aromatic nitrogens is 2. The smallest absolute Gasteiger partial charge is 0.412 e. The Morgan fingerprint density at radius 1 is 1.41 bits per heavy atom. The van der Waals surface area contributed by atoms with E-state index in [2.05, 4.69) is 10.3 Å². The van der Waals surface area contributed by atoms with E-state index in [1.807, 2.05) is 37.6 Å². The fourth-order valence-electron chi connectivity index (χ4n) is 1.41. The maximum atomic E-state index is 11.5. The molecule has 0 saturated heterocycles. The molecule has 0 bridgehead atoms. The van der Waals surface area contributed by atoms with E-state index in [4.69, 9.17) is 4.74 Å². The number of amides is 1. The normalized spacial score (nSPS) is 11.5. The largest absolute Gasteiger partial charge is 0.444 e. The maximum absolute atomic E-state index is 11.5. The highest BCUT2D eigenvalue weighted by atomic mass is 16.6. The van der Waals surface area contributed by atoms with Gasteiger partial charge in [0.25, 0.3) is 0 Å². The van der Waals surface area contributed by atoms with Crippen LogP contribution in [-0.4, -0.2) is 21.1 Å². The number of hydrogen-bond acceptors (Lipinski definition) is 3. The van der Waals surface area contributed by atoms with Gasteiger partial charge >= 0.3 is 6.09 Å². The zero-order valence-corrected chi connectivity index (χ0v) is 10.1. The van der Waals surface area contributed by atoms with Crippen molar-refractivity contribution in [2.45, 2.75) is 26.4 Å². The van der Waals surface area contributed by atoms with Gasteiger partial charge in [0.15, 0.2) is 0 Å². The Morgan fingerprint density at radius 3 is 2.88 bits per heavy atom. The number of hydrogen-bond donors (Lipinski definition) is 1. The van der Waals surface area contributed by atoms with E-state index < -0.39 is 11.7 Å². The first kappa shape index (κ1) is 11.4. The van der Waals surface area contributed by atoms with Gasteiger partial charge in [-0.2, -0.15) is 0 Å². The van der Waals surface area contributed by atoms with Crippen LogP contribution in [0.15, 0.2) is 30.7 Å². The Morgan fingerprint density at radius 2 is 2.18 bits per heavy atom. The van der Waals surface area contributed by atoms with Gasteiger partial charge in [0.2, 0.25) is 0 Å². The van der Waals surface area contributed by atoms with Crippen molar-refractivity contribution in [1.82, 2.24) is 9.38 Å². The second kappa shape index (κ2) is 4.08. The number of pyridine rings is 1. The minimum atomic E-state index is -0.499. The van der Waals surface area contributed by atoms with Crippen LogP contribution in [0.5, 0.6) is 0 Å². The van der Waals surface area contributed by atoms with E-state index in [1.165, 1.54) is 0 Å². The number of fused-ring (bicyclic) bond motifs is 1. The predicted molar refractivity (Wildman–Crippen MR) is 65.0 cm³/mol. The first-order valence-electron chi connectivity index (χ1n) is 5.37. The van der Waals surface area contributed by atoms with Crippen LogP contribution in [0.4, 0.5) is 10.5 Å². The summed E-state index contributed by atoms with van der Waals surface area (Å²) in [6.07, 6.45) is 4.90. The molecule has 0 atom stereocenters. The van der Waals surface area contributed by atoms with E-state index in [-0.39, 0.29) is 0 Å². The SMILES string of the molecule is CC(C)(C)OC(=O)Nc1ccn2ccnc2c1. The molecule has 2 aromatic rings. The number of carbonyl (C=O) groups excluding carboxylic acids is 1. The molecule has 2 aromatic heterocycles. The van der Waals surface area contributed by atoms with Crippen LogP contribution in [-0.2, 0) is 4.74 Å². The van der Waals surface area contributed by atoms with Gasteiger partial charge in [-0.25, -0.2) is 9.78 Å². The van der Waals surface area contributed by atoms with Crippen LogP contribution in [0.1, 0.15) is 20.8 Å². The first-order valence-corrected chi connectivity index (χ1v) is 5.37. The molecule has 17 heavy (non-hydrogen) atoms. The van der Waals surface area contributed by atoms with Crippen LogP contribution in [0.25, 0.3) is 5.65 Å². The Hall–Kier alpha value is -2.04. The molecule has 2 heterocycles. The van der Waals surface area contributed by atoms with Gasteiger partial charge in [-0.1, -0.05) is 0 Å². The van der Waals surface area contributed by atoms with E-state index in [0.29, 0.717) is 5.69 Å². The van der Waals surface area contributed by atoms with Gasteiger partial charge in [-0.05, 0) is 26.8 Å². The van der Waals surface area contributed by atoms with Crippen molar-refractivity contribution in [2.24, 2.45) is 0 Å². The summed E-state index contributed by atoms with van der Waals surface area (Å²) in [5.74, 6) is 0. The number of nitrogens with one attached hydrogen (secondary N) is 1. The molecule has 0 aliphatic rings. The molecule has 2 rings (SSSR count). The predicted octanol–water partition coefficient (Wildman–Crippen LogP) is 2.68. The number of anilines is 1. The van der Waals surface area contributed by atoms with Crippen LogP contribution >= 0.6 is 0 Å².